The third-order valence-electron chi connectivity index (χ3n) is 5.63. The second kappa shape index (κ2) is 5.80. The van der Waals surface area contributed by atoms with Crippen LogP contribution in [0.1, 0.15) is 24.0 Å². The fourth-order valence-electron chi connectivity index (χ4n) is 4.05. The SMILES string of the molecule is CN1CCN(C(=O)N2CCC3(CC2)OCc2ccccc23)CC1. The summed E-state index contributed by atoms with van der Waals surface area (Å²) in [5, 5.41) is 0. The number of piperazine rings is 1. The quantitative estimate of drug-likeness (QED) is 0.733. The Hall–Kier alpha value is -1.59. The minimum absolute atomic E-state index is 0.157. The Morgan fingerprint density at radius 1 is 1.00 bits per heavy atom. The molecule has 0 unspecified atom stereocenters. The summed E-state index contributed by atoms with van der Waals surface area (Å²) in [5.74, 6) is 0. The highest BCUT2D eigenvalue weighted by atomic mass is 16.5. The molecular formula is C18H25N3O2. The van der Waals surface area contributed by atoms with E-state index in [0.29, 0.717) is 6.61 Å². The summed E-state index contributed by atoms with van der Waals surface area (Å²) in [6.07, 6.45) is 1.81. The topological polar surface area (TPSA) is 36.0 Å². The van der Waals surface area contributed by atoms with E-state index >= 15 is 0 Å². The molecule has 1 aromatic carbocycles. The maximum atomic E-state index is 12.7. The van der Waals surface area contributed by atoms with Gasteiger partial charge < -0.3 is 19.4 Å². The summed E-state index contributed by atoms with van der Waals surface area (Å²) < 4.78 is 6.18. The van der Waals surface area contributed by atoms with Gasteiger partial charge >= 0.3 is 6.03 Å². The average molecular weight is 315 g/mol. The Balaban J connectivity index is 1.41. The van der Waals surface area contributed by atoms with Crippen molar-refractivity contribution in [2.75, 3.05) is 46.3 Å². The first-order valence-electron chi connectivity index (χ1n) is 8.63. The lowest BCUT2D eigenvalue weighted by Gasteiger charge is -2.42. The first-order valence-corrected chi connectivity index (χ1v) is 8.63. The molecule has 3 aliphatic heterocycles. The summed E-state index contributed by atoms with van der Waals surface area (Å²) in [7, 11) is 2.11. The number of likely N-dealkylation sites (tertiary alicyclic amines) is 1. The maximum absolute atomic E-state index is 12.7. The van der Waals surface area contributed by atoms with E-state index < -0.39 is 0 Å². The largest absolute Gasteiger partial charge is 0.365 e. The number of carbonyl (C=O) groups is 1. The molecular weight excluding hydrogens is 290 g/mol. The molecule has 1 spiro atoms. The summed E-state index contributed by atoms with van der Waals surface area (Å²) in [6.45, 7) is 5.92. The van der Waals surface area contributed by atoms with Crippen LogP contribution in [0.15, 0.2) is 24.3 Å². The van der Waals surface area contributed by atoms with E-state index in [2.05, 4.69) is 36.2 Å². The number of likely N-dealkylation sites (N-methyl/N-ethyl adjacent to an activating group) is 1. The van der Waals surface area contributed by atoms with E-state index in [1.165, 1.54) is 11.1 Å². The van der Waals surface area contributed by atoms with E-state index in [9.17, 15) is 4.79 Å². The van der Waals surface area contributed by atoms with Crippen molar-refractivity contribution >= 4 is 6.03 Å². The van der Waals surface area contributed by atoms with Gasteiger partial charge in [-0.2, -0.15) is 0 Å². The molecule has 124 valence electrons. The van der Waals surface area contributed by atoms with Gasteiger partial charge in [-0.3, -0.25) is 0 Å². The zero-order valence-electron chi connectivity index (χ0n) is 13.8. The van der Waals surface area contributed by atoms with Gasteiger partial charge in [-0.15, -0.1) is 0 Å². The van der Waals surface area contributed by atoms with E-state index in [4.69, 9.17) is 4.74 Å². The molecule has 2 amide bonds. The Morgan fingerprint density at radius 2 is 1.65 bits per heavy atom. The number of piperidine rings is 1. The minimum Gasteiger partial charge on any atom is -0.365 e. The monoisotopic (exact) mass is 315 g/mol. The highest BCUT2D eigenvalue weighted by molar-refractivity contribution is 5.74. The molecule has 23 heavy (non-hydrogen) atoms. The molecule has 5 nitrogen and oxygen atoms in total. The standard InChI is InChI=1S/C18H25N3O2/c1-19-10-12-21(13-11-19)17(22)20-8-6-18(7-9-20)16-5-3-2-4-15(16)14-23-18/h2-5H,6-14H2,1H3. The molecule has 0 aromatic heterocycles. The highest BCUT2D eigenvalue weighted by Gasteiger charge is 2.43. The van der Waals surface area contributed by atoms with Crippen LogP contribution in [0.4, 0.5) is 4.79 Å². The molecule has 0 radical (unpaired) electrons. The van der Waals surface area contributed by atoms with Crippen LogP contribution in [-0.2, 0) is 16.9 Å². The first kappa shape index (κ1) is 15.0. The summed E-state index contributed by atoms with van der Waals surface area (Å²) in [6, 6.07) is 8.73. The van der Waals surface area contributed by atoms with Crippen molar-refractivity contribution in [3.8, 4) is 0 Å². The van der Waals surface area contributed by atoms with Crippen molar-refractivity contribution in [3.05, 3.63) is 35.4 Å². The van der Waals surface area contributed by atoms with Crippen LogP contribution in [0.25, 0.3) is 0 Å². The van der Waals surface area contributed by atoms with Crippen LogP contribution in [0, 0.1) is 0 Å². The molecule has 0 atom stereocenters. The van der Waals surface area contributed by atoms with E-state index in [1.807, 2.05) is 9.80 Å². The van der Waals surface area contributed by atoms with Gasteiger partial charge in [0.05, 0.1) is 12.2 Å². The molecule has 3 aliphatic rings. The van der Waals surface area contributed by atoms with E-state index in [-0.39, 0.29) is 11.6 Å². The summed E-state index contributed by atoms with van der Waals surface area (Å²) in [5.41, 5.74) is 2.49. The number of benzene rings is 1. The number of rotatable bonds is 0. The van der Waals surface area contributed by atoms with Crippen molar-refractivity contribution < 1.29 is 9.53 Å². The molecule has 5 heteroatoms. The summed E-state index contributed by atoms with van der Waals surface area (Å²) >= 11 is 0. The Labute approximate surface area is 137 Å². The lowest BCUT2D eigenvalue weighted by molar-refractivity contribution is -0.0745. The van der Waals surface area contributed by atoms with Gasteiger partial charge in [0.1, 0.15) is 0 Å². The predicted molar refractivity (Wildman–Crippen MR) is 88.2 cm³/mol. The molecule has 4 rings (SSSR count). The van der Waals surface area contributed by atoms with Crippen LogP contribution in [0.3, 0.4) is 0 Å². The van der Waals surface area contributed by atoms with Crippen molar-refractivity contribution in [2.24, 2.45) is 0 Å². The highest BCUT2D eigenvalue weighted by Crippen LogP contribution is 2.44. The van der Waals surface area contributed by atoms with Crippen molar-refractivity contribution in [1.82, 2.24) is 14.7 Å². The Kier molecular flexibility index (Phi) is 3.77. The maximum Gasteiger partial charge on any atom is 0.320 e. The zero-order valence-corrected chi connectivity index (χ0v) is 13.8. The summed E-state index contributed by atoms with van der Waals surface area (Å²) in [4.78, 5) is 19.0. The van der Waals surface area contributed by atoms with Gasteiger partial charge in [-0.1, -0.05) is 24.3 Å². The Bertz CT molecular complexity index is 588. The number of carbonyl (C=O) groups excluding carboxylic acids is 1. The predicted octanol–water partition coefficient (Wildman–Crippen LogP) is 1.88. The number of amides is 2. The number of hydrogen-bond acceptors (Lipinski definition) is 3. The van der Waals surface area contributed by atoms with Crippen molar-refractivity contribution in [2.45, 2.75) is 25.0 Å². The Morgan fingerprint density at radius 3 is 2.39 bits per heavy atom. The smallest absolute Gasteiger partial charge is 0.320 e. The number of urea groups is 1. The van der Waals surface area contributed by atoms with E-state index in [1.54, 1.807) is 0 Å². The van der Waals surface area contributed by atoms with Crippen LogP contribution in [-0.4, -0.2) is 67.0 Å². The van der Waals surface area contributed by atoms with Gasteiger partial charge in [-0.25, -0.2) is 4.79 Å². The molecule has 0 saturated carbocycles. The third-order valence-corrected chi connectivity index (χ3v) is 5.63. The normalized spacial score (nSPS) is 24.0. The second-order valence-corrected chi connectivity index (χ2v) is 7.00. The van der Waals surface area contributed by atoms with Crippen LogP contribution in [0.5, 0.6) is 0 Å². The van der Waals surface area contributed by atoms with Crippen LogP contribution < -0.4 is 0 Å². The fourth-order valence-corrected chi connectivity index (χ4v) is 4.05. The first-order chi connectivity index (χ1) is 11.2. The molecule has 2 saturated heterocycles. The average Bonchev–Trinajstić information content (AvgIpc) is 2.95. The van der Waals surface area contributed by atoms with Crippen LogP contribution in [0.2, 0.25) is 0 Å². The van der Waals surface area contributed by atoms with E-state index in [0.717, 1.165) is 52.1 Å². The lowest BCUT2D eigenvalue weighted by Crippen LogP contribution is -2.54. The minimum atomic E-state index is -0.157. The van der Waals surface area contributed by atoms with Gasteiger partial charge in [0.25, 0.3) is 0 Å². The zero-order chi connectivity index (χ0) is 15.9. The van der Waals surface area contributed by atoms with Crippen molar-refractivity contribution in [1.29, 1.82) is 0 Å². The number of nitrogens with zero attached hydrogens (tertiary/aromatic N) is 3. The number of hydrogen-bond donors (Lipinski definition) is 0. The molecule has 1 aromatic rings. The van der Waals surface area contributed by atoms with Gasteiger partial charge in [0.15, 0.2) is 0 Å². The van der Waals surface area contributed by atoms with Crippen molar-refractivity contribution in [3.63, 3.8) is 0 Å². The number of fused-ring (bicyclic) bond motifs is 2. The second-order valence-electron chi connectivity index (χ2n) is 7.00. The van der Waals surface area contributed by atoms with Gasteiger partial charge in [0.2, 0.25) is 0 Å². The fraction of sp³-hybridized carbons (Fsp3) is 0.611. The number of ether oxygens (including phenoxy) is 1. The molecule has 2 fully saturated rings. The van der Waals surface area contributed by atoms with Gasteiger partial charge in [-0.05, 0) is 31.0 Å². The van der Waals surface area contributed by atoms with Gasteiger partial charge in [0, 0.05) is 39.3 Å². The van der Waals surface area contributed by atoms with Crippen LogP contribution >= 0.6 is 0 Å². The molecule has 0 aliphatic carbocycles. The molecule has 0 bridgehead atoms. The third kappa shape index (κ3) is 2.62. The molecule has 3 heterocycles. The lowest BCUT2D eigenvalue weighted by atomic mass is 9.84. The molecule has 0 N–H and O–H groups in total.